The van der Waals surface area contributed by atoms with Crippen molar-refractivity contribution >= 4 is 17.6 Å². The van der Waals surface area contributed by atoms with Crippen molar-refractivity contribution in [3.63, 3.8) is 0 Å². The van der Waals surface area contributed by atoms with Gasteiger partial charge in [0.25, 0.3) is 5.91 Å². The number of para-hydroxylation sites is 1. The number of benzene rings is 2. The lowest BCUT2D eigenvalue weighted by Gasteiger charge is -2.30. The van der Waals surface area contributed by atoms with Crippen LogP contribution in [0.5, 0.6) is 5.75 Å². The molecular formula is C16H13NO4. The Morgan fingerprint density at radius 2 is 1.81 bits per heavy atom. The Hall–Kier alpha value is -2.82. The van der Waals surface area contributed by atoms with Crippen LogP contribution in [0, 0.1) is 0 Å². The lowest BCUT2D eigenvalue weighted by Crippen LogP contribution is -2.38. The second-order valence-electron chi connectivity index (χ2n) is 4.63. The number of hydrogen-bond acceptors (Lipinski definition) is 3. The molecule has 0 atom stereocenters. The minimum Gasteiger partial charge on any atom is -0.489 e. The van der Waals surface area contributed by atoms with E-state index in [0.29, 0.717) is 17.8 Å². The van der Waals surface area contributed by atoms with E-state index in [1.807, 2.05) is 6.07 Å². The smallest absolute Gasteiger partial charge is 0.339 e. The van der Waals surface area contributed by atoms with Gasteiger partial charge in [0, 0.05) is 5.56 Å². The van der Waals surface area contributed by atoms with Gasteiger partial charge in [0.2, 0.25) is 0 Å². The summed E-state index contributed by atoms with van der Waals surface area (Å²) in [6.07, 6.45) is 0. The van der Waals surface area contributed by atoms with Gasteiger partial charge in [-0.1, -0.05) is 24.3 Å². The lowest BCUT2D eigenvalue weighted by molar-refractivity contribution is 0.0690. The maximum atomic E-state index is 12.6. The fourth-order valence-corrected chi connectivity index (χ4v) is 2.36. The Morgan fingerprint density at radius 1 is 1.05 bits per heavy atom. The van der Waals surface area contributed by atoms with E-state index in [0.717, 1.165) is 0 Å². The van der Waals surface area contributed by atoms with Crippen molar-refractivity contribution < 1.29 is 19.4 Å². The first-order chi connectivity index (χ1) is 10.2. The largest absolute Gasteiger partial charge is 0.489 e. The summed E-state index contributed by atoms with van der Waals surface area (Å²) in [6.45, 7) is 0.666. The van der Waals surface area contributed by atoms with E-state index in [1.54, 1.807) is 41.3 Å². The van der Waals surface area contributed by atoms with Crippen LogP contribution in [0.25, 0.3) is 0 Å². The Labute approximate surface area is 121 Å². The summed E-state index contributed by atoms with van der Waals surface area (Å²) >= 11 is 0. The number of carbonyl (C=O) groups is 2. The molecule has 3 rings (SSSR count). The highest BCUT2D eigenvalue weighted by molar-refractivity contribution is 6.08. The van der Waals surface area contributed by atoms with Crippen LogP contribution in [0.4, 0.5) is 5.69 Å². The van der Waals surface area contributed by atoms with Crippen molar-refractivity contribution in [3.8, 4) is 5.75 Å². The summed E-state index contributed by atoms with van der Waals surface area (Å²) in [7, 11) is 0. The number of carboxylic acid groups (broad SMARTS) is 1. The fourth-order valence-electron chi connectivity index (χ4n) is 2.36. The molecule has 0 radical (unpaired) electrons. The number of carbonyl (C=O) groups excluding carboxylic acids is 1. The van der Waals surface area contributed by atoms with Gasteiger partial charge in [-0.25, -0.2) is 4.79 Å². The normalized spacial score (nSPS) is 13.2. The first-order valence-corrected chi connectivity index (χ1v) is 6.54. The van der Waals surface area contributed by atoms with Gasteiger partial charge in [0.1, 0.15) is 12.2 Å². The molecule has 0 bridgehead atoms. The maximum Gasteiger partial charge on any atom is 0.339 e. The topological polar surface area (TPSA) is 66.8 Å². The van der Waals surface area contributed by atoms with Crippen LogP contribution in [0.2, 0.25) is 0 Å². The van der Waals surface area contributed by atoms with E-state index in [9.17, 15) is 14.7 Å². The molecule has 0 fully saturated rings. The summed E-state index contributed by atoms with van der Waals surface area (Å²) in [5, 5.41) is 9.20. The summed E-state index contributed by atoms with van der Waals surface area (Å²) < 4.78 is 5.46. The van der Waals surface area contributed by atoms with Gasteiger partial charge < -0.3 is 14.7 Å². The van der Waals surface area contributed by atoms with Gasteiger partial charge in [-0.3, -0.25) is 4.79 Å². The standard InChI is InChI=1S/C16H13NO4/c18-15(11-5-2-1-3-6-11)17-9-10-21-14-12(16(19)20)7-4-8-13(14)17/h1-8H,9-10H2,(H,19,20). The molecule has 0 unspecified atom stereocenters. The van der Waals surface area contributed by atoms with E-state index < -0.39 is 5.97 Å². The van der Waals surface area contributed by atoms with Crippen LogP contribution in [0.3, 0.4) is 0 Å². The predicted molar refractivity (Wildman–Crippen MR) is 77.0 cm³/mol. The number of aromatic carboxylic acids is 1. The quantitative estimate of drug-likeness (QED) is 0.919. The molecule has 1 N–H and O–H groups in total. The third-order valence-electron chi connectivity index (χ3n) is 3.34. The summed E-state index contributed by atoms with van der Waals surface area (Å²) in [4.78, 5) is 25.4. The third-order valence-corrected chi connectivity index (χ3v) is 3.34. The number of fused-ring (bicyclic) bond motifs is 1. The number of anilines is 1. The molecule has 2 aromatic carbocycles. The monoisotopic (exact) mass is 283 g/mol. The van der Waals surface area contributed by atoms with Gasteiger partial charge in [0.15, 0.2) is 5.75 Å². The zero-order valence-corrected chi connectivity index (χ0v) is 11.2. The van der Waals surface area contributed by atoms with E-state index in [-0.39, 0.29) is 23.8 Å². The minimum absolute atomic E-state index is 0.0676. The average Bonchev–Trinajstić information content (AvgIpc) is 2.53. The molecule has 0 saturated heterocycles. The number of rotatable bonds is 2. The number of hydrogen-bond donors (Lipinski definition) is 1. The van der Waals surface area contributed by atoms with Crippen LogP contribution >= 0.6 is 0 Å². The molecule has 1 amide bonds. The lowest BCUT2D eigenvalue weighted by atomic mass is 10.1. The Morgan fingerprint density at radius 3 is 2.52 bits per heavy atom. The summed E-state index contributed by atoms with van der Waals surface area (Å²) in [6, 6.07) is 13.7. The second-order valence-corrected chi connectivity index (χ2v) is 4.63. The van der Waals surface area contributed by atoms with Crippen LogP contribution in [-0.4, -0.2) is 30.1 Å². The molecule has 5 heteroatoms. The molecule has 0 aliphatic carbocycles. The van der Waals surface area contributed by atoms with Crippen molar-refractivity contribution in [1.82, 2.24) is 0 Å². The fraction of sp³-hybridized carbons (Fsp3) is 0.125. The SMILES string of the molecule is O=C(O)c1cccc2c1OCCN2C(=O)c1ccccc1. The predicted octanol–water partition coefficient (Wildman–Crippen LogP) is 2.42. The van der Waals surface area contributed by atoms with E-state index in [1.165, 1.54) is 6.07 Å². The van der Waals surface area contributed by atoms with Crippen LogP contribution in [0.15, 0.2) is 48.5 Å². The molecule has 0 saturated carbocycles. The minimum atomic E-state index is -1.07. The first-order valence-electron chi connectivity index (χ1n) is 6.54. The molecule has 0 spiro atoms. The van der Waals surface area contributed by atoms with Gasteiger partial charge in [-0.2, -0.15) is 0 Å². The molecular weight excluding hydrogens is 270 g/mol. The zero-order valence-electron chi connectivity index (χ0n) is 11.2. The number of carboxylic acids is 1. The molecule has 21 heavy (non-hydrogen) atoms. The van der Waals surface area contributed by atoms with Crippen molar-refractivity contribution in [2.24, 2.45) is 0 Å². The number of ether oxygens (including phenoxy) is 1. The average molecular weight is 283 g/mol. The highest BCUT2D eigenvalue weighted by Gasteiger charge is 2.27. The number of nitrogens with zero attached hydrogens (tertiary/aromatic N) is 1. The van der Waals surface area contributed by atoms with Crippen LogP contribution in [0.1, 0.15) is 20.7 Å². The van der Waals surface area contributed by atoms with Gasteiger partial charge in [0.05, 0.1) is 12.2 Å². The van der Waals surface area contributed by atoms with E-state index >= 15 is 0 Å². The number of amides is 1. The molecule has 2 aromatic rings. The maximum absolute atomic E-state index is 12.6. The van der Waals surface area contributed by atoms with Gasteiger partial charge in [-0.15, -0.1) is 0 Å². The van der Waals surface area contributed by atoms with E-state index in [2.05, 4.69) is 0 Å². The third kappa shape index (κ3) is 2.33. The van der Waals surface area contributed by atoms with Crippen molar-refractivity contribution in [2.75, 3.05) is 18.1 Å². The molecule has 1 aliphatic heterocycles. The highest BCUT2D eigenvalue weighted by Crippen LogP contribution is 2.35. The Bertz CT molecular complexity index is 697. The van der Waals surface area contributed by atoms with Crippen LogP contribution in [-0.2, 0) is 0 Å². The molecule has 1 aliphatic rings. The molecule has 0 aromatic heterocycles. The second kappa shape index (κ2) is 5.28. The highest BCUT2D eigenvalue weighted by atomic mass is 16.5. The molecule has 1 heterocycles. The first kappa shape index (κ1) is 13.2. The van der Waals surface area contributed by atoms with Gasteiger partial charge in [-0.05, 0) is 24.3 Å². The summed E-state index contributed by atoms with van der Waals surface area (Å²) in [5.41, 5.74) is 1.12. The van der Waals surface area contributed by atoms with Crippen molar-refractivity contribution in [3.05, 3.63) is 59.7 Å². The van der Waals surface area contributed by atoms with Crippen LogP contribution < -0.4 is 9.64 Å². The summed E-state index contributed by atoms with van der Waals surface area (Å²) in [5.74, 6) is -0.982. The van der Waals surface area contributed by atoms with Gasteiger partial charge >= 0.3 is 5.97 Å². The van der Waals surface area contributed by atoms with E-state index in [4.69, 9.17) is 4.74 Å². The van der Waals surface area contributed by atoms with Crippen molar-refractivity contribution in [1.29, 1.82) is 0 Å². The molecule has 5 nitrogen and oxygen atoms in total. The van der Waals surface area contributed by atoms with Crippen molar-refractivity contribution in [2.45, 2.75) is 0 Å². The Kier molecular flexibility index (Phi) is 3.31. The Balaban J connectivity index is 2.04. The zero-order chi connectivity index (χ0) is 14.8. The molecule has 106 valence electrons.